The number of methoxy groups -OCH3 is 4. The highest BCUT2D eigenvalue weighted by molar-refractivity contribution is 6.00. The molecule has 0 bridgehead atoms. The van der Waals surface area contributed by atoms with Gasteiger partial charge in [-0.05, 0) is 18.2 Å². The molecule has 0 aliphatic heterocycles. The van der Waals surface area contributed by atoms with Crippen LogP contribution in [0.2, 0.25) is 0 Å². The molecule has 10 heteroatoms. The predicted octanol–water partition coefficient (Wildman–Crippen LogP) is 0.343. The van der Waals surface area contributed by atoms with E-state index in [0.29, 0.717) is 0 Å². The lowest BCUT2D eigenvalue weighted by Gasteiger charge is -2.27. The second kappa shape index (κ2) is 10.8. The van der Waals surface area contributed by atoms with Crippen molar-refractivity contribution in [2.45, 2.75) is 13.0 Å². The summed E-state index contributed by atoms with van der Waals surface area (Å²) in [4.78, 5) is 60.6. The molecule has 0 aliphatic rings. The van der Waals surface area contributed by atoms with Crippen molar-refractivity contribution in [3.05, 3.63) is 35.4 Å². The van der Waals surface area contributed by atoms with E-state index < -0.39 is 47.7 Å². The van der Waals surface area contributed by atoms with Gasteiger partial charge in [-0.25, -0.2) is 9.59 Å². The highest BCUT2D eigenvalue weighted by Crippen LogP contribution is 2.21. The summed E-state index contributed by atoms with van der Waals surface area (Å²) in [6.07, 6.45) is 0. The average molecular weight is 409 g/mol. The first-order valence-corrected chi connectivity index (χ1v) is 8.44. The van der Waals surface area contributed by atoms with Crippen LogP contribution in [-0.2, 0) is 33.3 Å². The SMILES string of the molecule is COC(=O)c1cccc(C(=O)N[C@H](C(=O)OC)[C@@H](C)C(C(=O)OC)C(=O)OC)c1. The fourth-order valence-electron chi connectivity index (χ4n) is 2.63. The van der Waals surface area contributed by atoms with Gasteiger partial charge in [-0.15, -0.1) is 0 Å². The van der Waals surface area contributed by atoms with E-state index >= 15 is 0 Å². The molecule has 1 rings (SSSR count). The topological polar surface area (TPSA) is 134 Å². The van der Waals surface area contributed by atoms with Crippen molar-refractivity contribution in [1.29, 1.82) is 0 Å². The number of rotatable bonds is 8. The van der Waals surface area contributed by atoms with Crippen LogP contribution in [0.3, 0.4) is 0 Å². The number of carbonyl (C=O) groups is 5. The smallest absolute Gasteiger partial charge is 0.337 e. The van der Waals surface area contributed by atoms with Gasteiger partial charge in [-0.3, -0.25) is 14.4 Å². The van der Waals surface area contributed by atoms with Crippen molar-refractivity contribution in [2.75, 3.05) is 28.4 Å². The van der Waals surface area contributed by atoms with Crippen LogP contribution in [0.25, 0.3) is 0 Å². The normalized spacial score (nSPS) is 12.3. The Hall–Kier alpha value is -3.43. The van der Waals surface area contributed by atoms with Crippen molar-refractivity contribution >= 4 is 29.8 Å². The molecule has 0 spiro atoms. The molecule has 0 saturated heterocycles. The molecule has 29 heavy (non-hydrogen) atoms. The maximum Gasteiger partial charge on any atom is 0.337 e. The number of amides is 1. The van der Waals surface area contributed by atoms with Crippen LogP contribution in [-0.4, -0.2) is 64.3 Å². The van der Waals surface area contributed by atoms with Crippen LogP contribution in [0.4, 0.5) is 0 Å². The van der Waals surface area contributed by atoms with E-state index in [1.807, 2.05) is 0 Å². The van der Waals surface area contributed by atoms with Gasteiger partial charge in [-0.1, -0.05) is 13.0 Å². The molecule has 0 unspecified atom stereocenters. The lowest BCUT2D eigenvalue weighted by molar-refractivity contribution is -0.163. The summed E-state index contributed by atoms with van der Waals surface area (Å²) in [6.45, 7) is 1.39. The molecule has 0 aromatic heterocycles. The van der Waals surface area contributed by atoms with E-state index in [1.165, 1.54) is 38.3 Å². The third kappa shape index (κ3) is 5.77. The maximum atomic E-state index is 12.6. The van der Waals surface area contributed by atoms with Crippen molar-refractivity contribution < 1.29 is 42.9 Å². The molecule has 1 N–H and O–H groups in total. The predicted molar refractivity (Wildman–Crippen MR) is 97.7 cm³/mol. The average Bonchev–Trinajstić information content (AvgIpc) is 2.75. The van der Waals surface area contributed by atoms with Crippen molar-refractivity contribution in [2.24, 2.45) is 11.8 Å². The number of benzene rings is 1. The van der Waals surface area contributed by atoms with E-state index in [2.05, 4.69) is 19.5 Å². The van der Waals surface area contributed by atoms with Gasteiger partial charge in [0.25, 0.3) is 5.91 Å². The van der Waals surface area contributed by atoms with Gasteiger partial charge >= 0.3 is 23.9 Å². The van der Waals surface area contributed by atoms with Crippen molar-refractivity contribution in [3.8, 4) is 0 Å². The summed E-state index contributed by atoms with van der Waals surface area (Å²) >= 11 is 0. The second-order valence-electron chi connectivity index (χ2n) is 5.93. The first-order valence-electron chi connectivity index (χ1n) is 8.44. The Labute approximate surface area is 167 Å². The highest BCUT2D eigenvalue weighted by Gasteiger charge is 2.42. The molecule has 0 aliphatic carbocycles. The van der Waals surface area contributed by atoms with E-state index in [-0.39, 0.29) is 11.1 Å². The van der Waals surface area contributed by atoms with Crippen molar-refractivity contribution in [1.82, 2.24) is 5.32 Å². The number of hydrogen-bond acceptors (Lipinski definition) is 9. The van der Waals surface area contributed by atoms with Gasteiger partial charge < -0.3 is 24.3 Å². The van der Waals surface area contributed by atoms with Crippen LogP contribution in [0.15, 0.2) is 24.3 Å². The summed E-state index contributed by atoms with van der Waals surface area (Å²) in [5, 5.41) is 2.43. The van der Waals surface area contributed by atoms with Crippen LogP contribution >= 0.6 is 0 Å². The van der Waals surface area contributed by atoms with E-state index in [4.69, 9.17) is 4.74 Å². The van der Waals surface area contributed by atoms with Crippen LogP contribution in [0.1, 0.15) is 27.6 Å². The van der Waals surface area contributed by atoms with E-state index in [0.717, 1.165) is 21.3 Å². The molecule has 0 saturated carbocycles. The molecule has 2 atom stereocenters. The molecule has 0 fully saturated rings. The third-order valence-corrected chi connectivity index (χ3v) is 4.25. The van der Waals surface area contributed by atoms with E-state index in [9.17, 15) is 24.0 Å². The van der Waals surface area contributed by atoms with Gasteiger partial charge in [0.05, 0.1) is 34.0 Å². The quantitative estimate of drug-likeness (QED) is 0.366. The van der Waals surface area contributed by atoms with Crippen LogP contribution < -0.4 is 5.32 Å². The van der Waals surface area contributed by atoms with Crippen LogP contribution in [0, 0.1) is 11.8 Å². The number of hydrogen-bond donors (Lipinski definition) is 1. The fraction of sp³-hybridized carbons (Fsp3) is 0.421. The Bertz CT molecular complexity index is 774. The highest BCUT2D eigenvalue weighted by atomic mass is 16.5. The van der Waals surface area contributed by atoms with Crippen LogP contribution in [0.5, 0.6) is 0 Å². The largest absolute Gasteiger partial charge is 0.468 e. The zero-order valence-corrected chi connectivity index (χ0v) is 16.7. The monoisotopic (exact) mass is 409 g/mol. The molecular weight excluding hydrogens is 386 g/mol. The Morgan fingerprint density at radius 3 is 1.79 bits per heavy atom. The second-order valence-corrected chi connectivity index (χ2v) is 5.93. The summed E-state index contributed by atoms with van der Waals surface area (Å²) in [6, 6.07) is 4.23. The molecule has 1 aromatic carbocycles. The molecule has 0 heterocycles. The van der Waals surface area contributed by atoms with Gasteiger partial charge in [0.15, 0.2) is 5.92 Å². The Kier molecular flexibility index (Phi) is 8.78. The van der Waals surface area contributed by atoms with Gasteiger partial charge in [-0.2, -0.15) is 0 Å². The molecule has 1 aromatic rings. The Morgan fingerprint density at radius 1 is 0.793 bits per heavy atom. The minimum atomic E-state index is -1.48. The first-order chi connectivity index (χ1) is 13.7. The number of esters is 4. The zero-order valence-electron chi connectivity index (χ0n) is 16.7. The molecule has 0 radical (unpaired) electrons. The summed E-state index contributed by atoms with van der Waals surface area (Å²) in [5.74, 6) is -6.65. The molecular formula is C19H23NO9. The summed E-state index contributed by atoms with van der Waals surface area (Å²) in [7, 11) is 4.45. The number of carbonyl (C=O) groups excluding carboxylic acids is 5. The van der Waals surface area contributed by atoms with Gasteiger partial charge in [0.2, 0.25) is 0 Å². The molecule has 158 valence electrons. The fourth-order valence-corrected chi connectivity index (χ4v) is 2.63. The Balaban J connectivity index is 3.20. The minimum Gasteiger partial charge on any atom is -0.468 e. The first kappa shape index (κ1) is 23.6. The lowest BCUT2D eigenvalue weighted by Crippen LogP contribution is -2.51. The minimum absolute atomic E-state index is 0.0571. The van der Waals surface area contributed by atoms with Gasteiger partial charge in [0, 0.05) is 11.5 Å². The number of ether oxygens (including phenoxy) is 4. The molecule has 1 amide bonds. The Morgan fingerprint density at radius 2 is 1.31 bits per heavy atom. The summed E-state index contributed by atoms with van der Waals surface area (Å²) in [5.41, 5.74) is 0.187. The zero-order chi connectivity index (χ0) is 22.1. The summed E-state index contributed by atoms with van der Waals surface area (Å²) < 4.78 is 18.5. The third-order valence-electron chi connectivity index (χ3n) is 4.25. The standard InChI is InChI=1S/C19H23NO9/c1-10(13(17(23)27-3)18(24)28-4)14(19(25)29-5)20-15(21)11-7-6-8-12(9-11)16(22)26-2/h6-10,13-14H,1-5H3,(H,20,21)/t10-,14-/m0/s1. The van der Waals surface area contributed by atoms with Crippen molar-refractivity contribution in [3.63, 3.8) is 0 Å². The lowest BCUT2D eigenvalue weighted by atomic mass is 9.87. The number of nitrogens with one attached hydrogen (secondary N) is 1. The van der Waals surface area contributed by atoms with E-state index in [1.54, 1.807) is 0 Å². The van der Waals surface area contributed by atoms with Gasteiger partial charge in [0.1, 0.15) is 6.04 Å². The molecule has 10 nitrogen and oxygen atoms in total. The maximum absolute atomic E-state index is 12.6.